The summed E-state index contributed by atoms with van der Waals surface area (Å²) in [6.07, 6.45) is 4.82. The van der Waals surface area contributed by atoms with E-state index >= 15 is 0 Å². The van der Waals surface area contributed by atoms with Crippen molar-refractivity contribution in [3.8, 4) is 0 Å². The number of amides is 1. The predicted molar refractivity (Wildman–Crippen MR) is 58.0 cm³/mol. The Morgan fingerprint density at radius 2 is 2.23 bits per heavy atom. The lowest BCUT2D eigenvalue weighted by Crippen LogP contribution is -2.41. The highest BCUT2D eigenvalue weighted by molar-refractivity contribution is 7.81. The first-order chi connectivity index (χ1) is 6.09. The SMILES string of the molecule is CC1CCCC(NC(=O)C(C)S)C1. The Hall–Kier alpha value is -0.180. The molecule has 0 radical (unpaired) electrons. The average Bonchev–Trinajstić information content (AvgIpc) is 2.04. The van der Waals surface area contributed by atoms with Gasteiger partial charge in [0.2, 0.25) is 5.91 Å². The third kappa shape index (κ3) is 3.59. The molecule has 1 amide bonds. The fraction of sp³-hybridized carbons (Fsp3) is 0.900. The van der Waals surface area contributed by atoms with Crippen LogP contribution in [0.25, 0.3) is 0 Å². The van der Waals surface area contributed by atoms with E-state index in [0.29, 0.717) is 6.04 Å². The molecule has 1 fully saturated rings. The van der Waals surface area contributed by atoms with Crippen LogP contribution >= 0.6 is 12.6 Å². The summed E-state index contributed by atoms with van der Waals surface area (Å²) in [7, 11) is 0. The van der Waals surface area contributed by atoms with Crippen molar-refractivity contribution in [3.05, 3.63) is 0 Å². The summed E-state index contributed by atoms with van der Waals surface area (Å²) in [6, 6.07) is 0.394. The molecule has 1 N–H and O–H groups in total. The van der Waals surface area contributed by atoms with Crippen molar-refractivity contribution in [1.82, 2.24) is 5.32 Å². The van der Waals surface area contributed by atoms with E-state index in [4.69, 9.17) is 0 Å². The molecule has 0 saturated heterocycles. The van der Waals surface area contributed by atoms with Crippen molar-refractivity contribution in [2.45, 2.75) is 50.8 Å². The minimum Gasteiger partial charge on any atom is -0.352 e. The van der Waals surface area contributed by atoms with Gasteiger partial charge in [-0.15, -0.1) is 0 Å². The molecule has 13 heavy (non-hydrogen) atoms. The van der Waals surface area contributed by atoms with Crippen LogP contribution in [0.2, 0.25) is 0 Å². The molecule has 0 spiro atoms. The standard InChI is InChI=1S/C10H19NOS/c1-7-4-3-5-9(6-7)11-10(12)8(2)13/h7-9,13H,3-6H2,1-2H3,(H,11,12). The highest BCUT2D eigenvalue weighted by Crippen LogP contribution is 2.23. The van der Waals surface area contributed by atoms with Crippen LogP contribution in [0, 0.1) is 5.92 Å². The highest BCUT2D eigenvalue weighted by Gasteiger charge is 2.21. The minimum atomic E-state index is -0.183. The second-order valence-corrected chi connectivity index (χ2v) is 4.93. The van der Waals surface area contributed by atoms with Gasteiger partial charge in [-0.1, -0.05) is 19.8 Å². The smallest absolute Gasteiger partial charge is 0.232 e. The lowest BCUT2D eigenvalue weighted by atomic mass is 9.87. The van der Waals surface area contributed by atoms with Crippen LogP contribution in [-0.2, 0) is 4.79 Å². The summed E-state index contributed by atoms with van der Waals surface area (Å²) in [5.74, 6) is 0.830. The third-order valence-electron chi connectivity index (χ3n) is 2.66. The topological polar surface area (TPSA) is 29.1 Å². The highest BCUT2D eigenvalue weighted by atomic mass is 32.1. The van der Waals surface area contributed by atoms with Crippen molar-refractivity contribution in [2.75, 3.05) is 0 Å². The zero-order chi connectivity index (χ0) is 9.84. The van der Waals surface area contributed by atoms with Crippen LogP contribution in [0.5, 0.6) is 0 Å². The van der Waals surface area contributed by atoms with Crippen LogP contribution < -0.4 is 5.32 Å². The number of nitrogens with one attached hydrogen (secondary N) is 1. The zero-order valence-corrected chi connectivity index (χ0v) is 9.31. The van der Waals surface area contributed by atoms with Gasteiger partial charge in [-0.25, -0.2) is 0 Å². The molecule has 0 aromatic carbocycles. The van der Waals surface area contributed by atoms with Gasteiger partial charge in [-0.3, -0.25) is 4.79 Å². The van der Waals surface area contributed by atoms with Gasteiger partial charge in [0.05, 0.1) is 5.25 Å². The first kappa shape index (κ1) is 10.9. The van der Waals surface area contributed by atoms with E-state index in [1.807, 2.05) is 6.92 Å². The van der Waals surface area contributed by atoms with E-state index in [1.165, 1.54) is 12.8 Å². The van der Waals surface area contributed by atoms with Crippen LogP contribution in [-0.4, -0.2) is 17.2 Å². The summed E-state index contributed by atoms with van der Waals surface area (Å²) in [4.78, 5) is 11.3. The first-order valence-electron chi connectivity index (χ1n) is 5.08. The molecule has 3 unspecified atom stereocenters. The first-order valence-corrected chi connectivity index (χ1v) is 5.59. The number of thiol groups is 1. The molecule has 0 aliphatic heterocycles. The Morgan fingerprint density at radius 3 is 2.77 bits per heavy atom. The Kier molecular flexibility index (Phi) is 4.10. The number of rotatable bonds is 2. The lowest BCUT2D eigenvalue weighted by Gasteiger charge is -2.27. The number of hydrogen-bond donors (Lipinski definition) is 2. The van der Waals surface area contributed by atoms with E-state index in [-0.39, 0.29) is 11.2 Å². The zero-order valence-electron chi connectivity index (χ0n) is 8.42. The molecule has 1 rings (SSSR count). The molecular weight excluding hydrogens is 182 g/mol. The third-order valence-corrected chi connectivity index (χ3v) is 2.90. The van der Waals surface area contributed by atoms with Crippen molar-refractivity contribution >= 4 is 18.5 Å². The van der Waals surface area contributed by atoms with Gasteiger partial charge in [-0.2, -0.15) is 12.6 Å². The van der Waals surface area contributed by atoms with E-state index in [1.54, 1.807) is 0 Å². The second-order valence-electron chi connectivity index (χ2n) is 4.15. The van der Waals surface area contributed by atoms with Gasteiger partial charge in [0.1, 0.15) is 0 Å². The van der Waals surface area contributed by atoms with E-state index in [0.717, 1.165) is 18.8 Å². The molecular formula is C10H19NOS. The van der Waals surface area contributed by atoms with Crippen LogP contribution in [0.1, 0.15) is 39.5 Å². The van der Waals surface area contributed by atoms with Gasteiger partial charge in [0.25, 0.3) is 0 Å². The van der Waals surface area contributed by atoms with Crippen molar-refractivity contribution in [1.29, 1.82) is 0 Å². The minimum absolute atomic E-state index is 0.0717. The molecule has 0 aromatic rings. The normalized spacial score (nSPS) is 31.0. The van der Waals surface area contributed by atoms with Crippen LogP contribution in [0.3, 0.4) is 0 Å². The second kappa shape index (κ2) is 4.89. The summed E-state index contributed by atoms with van der Waals surface area (Å²) in [5.41, 5.74) is 0. The Balaban J connectivity index is 2.31. The van der Waals surface area contributed by atoms with Gasteiger partial charge >= 0.3 is 0 Å². The summed E-state index contributed by atoms with van der Waals surface area (Å²) >= 11 is 4.10. The van der Waals surface area contributed by atoms with Gasteiger partial charge in [0.15, 0.2) is 0 Å². The van der Waals surface area contributed by atoms with Crippen molar-refractivity contribution < 1.29 is 4.79 Å². The van der Waals surface area contributed by atoms with Gasteiger partial charge < -0.3 is 5.32 Å². The summed E-state index contributed by atoms with van der Waals surface area (Å²) < 4.78 is 0. The molecule has 1 aliphatic carbocycles. The van der Waals surface area contributed by atoms with Crippen LogP contribution in [0.15, 0.2) is 0 Å². The largest absolute Gasteiger partial charge is 0.352 e. The summed E-state index contributed by atoms with van der Waals surface area (Å²) in [5, 5.41) is 2.85. The van der Waals surface area contributed by atoms with E-state index in [9.17, 15) is 4.79 Å². The quantitative estimate of drug-likeness (QED) is 0.657. The predicted octanol–water partition coefficient (Wildman–Crippen LogP) is 2.00. The molecule has 0 bridgehead atoms. The maximum Gasteiger partial charge on any atom is 0.232 e. The Morgan fingerprint density at radius 1 is 1.54 bits per heavy atom. The fourth-order valence-electron chi connectivity index (χ4n) is 1.89. The number of carbonyl (C=O) groups excluding carboxylic acids is 1. The molecule has 0 aromatic heterocycles. The maximum atomic E-state index is 11.3. The maximum absolute atomic E-state index is 11.3. The summed E-state index contributed by atoms with van der Waals surface area (Å²) in [6.45, 7) is 4.06. The van der Waals surface area contributed by atoms with E-state index in [2.05, 4.69) is 24.9 Å². The van der Waals surface area contributed by atoms with E-state index < -0.39 is 0 Å². The van der Waals surface area contributed by atoms with Crippen molar-refractivity contribution in [2.24, 2.45) is 5.92 Å². The fourth-order valence-corrected chi connectivity index (χ4v) is 1.96. The number of carbonyl (C=O) groups is 1. The molecule has 3 heteroatoms. The van der Waals surface area contributed by atoms with Crippen LogP contribution in [0.4, 0.5) is 0 Å². The molecule has 1 saturated carbocycles. The molecule has 3 atom stereocenters. The molecule has 1 aliphatic rings. The molecule has 0 heterocycles. The average molecular weight is 201 g/mol. The lowest BCUT2D eigenvalue weighted by molar-refractivity contribution is -0.121. The van der Waals surface area contributed by atoms with Gasteiger partial charge in [-0.05, 0) is 25.7 Å². The Labute approximate surface area is 85.9 Å². The molecule has 2 nitrogen and oxygen atoms in total. The monoisotopic (exact) mass is 201 g/mol. The van der Waals surface area contributed by atoms with Crippen molar-refractivity contribution in [3.63, 3.8) is 0 Å². The molecule has 76 valence electrons. The number of hydrogen-bond acceptors (Lipinski definition) is 2. The Bertz CT molecular complexity index is 182. The van der Waals surface area contributed by atoms with Gasteiger partial charge in [0, 0.05) is 6.04 Å².